The largest absolute Gasteiger partial charge is 0.394 e. The normalized spacial score (nSPS) is 19.5. The van der Waals surface area contributed by atoms with Crippen molar-refractivity contribution in [2.24, 2.45) is 11.8 Å². The Labute approximate surface area is 114 Å². The molecule has 3 N–H and O–H groups in total. The maximum absolute atomic E-state index is 12.2. The summed E-state index contributed by atoms with van der Waals surface area (Å²) in [7, 11) is 0. The van der Waals surface area contributed by atoms with Crippen molar-refractivity contribution in [3.05, 3.63) is 29.8 Å². The monoisotopic (exact) mass is 262 g/mol. The molecular formula is C15H22N2O2. The molecule has 0 bridgehead atoms. The van der Waals surface area contributed by atoms with Crippen LogP contribution in [0.2, 0.25) is 0 Å². The first-order chi connectivity index (χ1) is 9.11. The Morgan fingerprint density at radius 3 is 2.89 bits per heavy atom. The molecule has 104 valence electrons. The average molecular weight is 262 g/mol. The summed E-state index contributed by atoms with van der Waals surface area (Å²) in [6.07, 6.45) is 0.755. The van der Waals surface area contributed by atoms with E-state index in [2.05, 4.69) is 10.6 Å². The number of para-hydroxylation sites is 1. The molecular weight excluding hydrogens is 240 g/mol. The Hall–Kier alpha value is -1.55. The van der Waals surface area contributed by atoms with Crippen LogP contribution in [0.3, 0.4) is 0 Å². The van der Waals surface area contributed by atoms with Gasteiger partial charge < -0.3 is 15.7 Å². The van der Waals surface area contributed by atoms with Crippen molar-refractivity contribution >= 4 is 11.6 Å². The van der Waals surface area contributed by atoms with Gasteiger partial charge in [-0.25, -0.2) is 0 Å². The van der Waals surface area contributed by atoms with Gasteiger partial charge in [0, 0.05) is 12.2 Å². The summed E-state index contributed by atoms with van der Waals surface area (Å²) >= 11 is 0. The van der Waals surface area contributed by atoms with E-state index < -0.39 is 0 Å². The second-order valence-corrected chi connectivity index (χ2v) is 5.48. The number of hydrogen-bond donors (Lipinski definition) is 3. The van der Waals surface area contributed by atoms with Gasteiger partial charge in [0.15, 0.2) is 0 Å². The lowest BCUT2D eigenvalue weighted by atomic mass is 9.92. The third-order valence-corrected chi connectivity index (χ3v) is 3.72. The molecule has 1 amide bonds. The maximum Gasteiger partial charge on any atom is 0.225 e. The molecule has 1 heterocycles. The van der Waals surface area contributed by atoms with Crippen LogP contribution in [0.4, 0.5) is 5.69 Å². The summed E-state index contributed by atoms with van der Waals surface area (Å²) in [5, 5.41) is 15.5. The quantitative estimate of drug-likeness (QED) is 0.768. The van der Waals surface area contributed by atoms with Crippen LogP contribution in [0, 0.1) is 11.8 Å². The minimum absolute atomic E-state index is 0.0137. The van der Waals surface area contributed by atoms with Crippen molar-refractivity contribution in [1.29, 1.82) is 0 Å². The van der Waals surface area contributed by atoms with E-state index in [1.807, 2.05) is 38.1 Å². The molecule has 0 radical (unpaired) electrons. The molecule has 0 saturated carbocycles. The highest BCUT2D eigenvalue weighted by Gasteiger charge is 2.26. The number of nitrogens with one attached hydrogen (secondary N) is 2. The molecule has 2 rings (SSSR count). The number of amides is 1. The number of anilines is 1. The third-order valence-electron chi connectivity index (χ3n) is 3.72. The van der Waals surface area contributed by atoms with Gasteiger partial charge in [0.2, 0.25) is 5.91 Å². The van der Waals surface area contributed by atoms with Crippen molar-refractivity contribution in [3.8, 4) is 0 Å². The zero-order valence-electron chi connectivity index (χ0n) is 11.5. The van der Waals surface area contributed by atoms with E-state index >= 15 is 0 Å². The molecule has 1 aliphatic heterocycles. The summed E-state index contributed by atoms with van der Waals surface area (Å²) in [6, 6.07) is 7.91. The maximum atomic E-state index is 12.2. The number of fused-ring (bicyclic) bond motifs is 1. The number of hydrogen-bond acceptors (Lipinski definition) is 3. The first kappa shape index (κ1) is 13.9. The molecule has 1 aromatic carbocycles. The topological polar surface area (TPSA) is 61.4 Å². The SMILES string of the molecule is CC(C)C(CO)NC(=O)C1CNc2ccccc2C1. The molecule has 0 aromatic heterocycles. The van der Waals surface area contributed by atoms with Gasteiger partial charge in [-0.15, -0.1) is 0 Å². The second kappa shape index (κ2) is 6.06. The Morgan fingerprint density at radius 1 is 1.47 bits per heavy atom. The molecule has 0 saturated heterocycles. The predicted molar refractivity (Wildman–Crippen MR) is 76.0 cm³/mol. The number of aliphatic hydroxyl groups excluding tert-OH is 1. The molecule has 19 heavy (non-hydrogen) atoms. The molecule has 0 fully saturated rings. The van der Waals surface area contributed by atoms with Crippen LogP contribution in [0.5, 0.6) is 0 Å². The van der Waals surface area contributed by atoms with Gasteiger partial charge in [-0.3, -0.25) is 4.79 Å². The van der Waals surface area contributed by atoms with Crippen LogP contribution >= 0.6 is 0 Å². The lowest BCUT2D eigenvalue weighted by Crippen LogP contribution is -2.46. The van der Waals surface area contributed by atoms with Gasteiger partial charge >= 0.3 is 0 Å². The van der Waals surface area contributed by atoms with E-state index in [1.165, 1.54) is 5.56 Å². The van der Waals surface area contributed by atoms with Crippen molar-refractivity contribution in [3.63, 3.8) is 0 Å². The first-order valence-corrected chi connectivity index (χ1v) is 6.84. The van der Waals surface area contributed by atoms with Crippen LogP contribution < -0.4 is 10.6 Å². The van der Waals surface area contributed by atoms with Gasteiger partial charge in [0.1, 0.15) is 0 Å². The van der Waals surface area contributed by atoms with Gasteiger partial charge in [-0.05, 0) is 24.0 Å². The number of aliphatic hydroxyl groups is 1. The number of carbonyl (C=O) groups is 1. The smallest absolute Gasteiger partial charge is 0.225 e. The molecule has 1 aliphatic rings. The predicted octanol–water partition coefficient (Wildman–Crippen LogP) is 1.40. The number of rotatable bonds is 4. The minimum Gasteiger partial charge on any atom is -0.394 e. The third kappa shape index (κ3) is 3.26. The van der Waals surface area contributed by atoms with Crippen molar-refractivity contribution < 1.29 is 9.90 Å². The molecule has 4 nitrogen and oxygen atoms in total. The highest BCUT2D eigenvalue weighted by molar-refractivity contribution is 5.81. The zero-order chi connectivity index (χ0) is 13.8. The summed E-state index contributed by atoms with van der Waals surface area (Å²) in [5.41, 5.74) is 2.30. The number of benzene rings is 1. The molecule has 2 atom stereocenters. The van der Waals surface area contributed by atoms with Crippen molar-refractivity contribution in [1.82, 2.24) is 5.32 Å². The molecule has 0 spiro atoms. The van der Waals surface area contributed by atoms with Crippen molar-refractivity contribution in [2.45, 2.75) is 26.3 Å². The lowest BCUT2D eigenvalue weighted by molar-refractivity contribution is -0.126. The van der Waals surface area contributed by atoms with Crippen LogP contribution in [-0.4, -0.2) is 30.2 Å². The van der Waals surface area contributed by atoms with E-state index in [0.29, 0.717) is 6.54 Å². The lowest BCUT2D eigenvalue weighted by Gasteiger charge is -2.28. The Bertz CT molecular complexity index is 446. The fourth-order valence-corrected chi connectivity index (χ4v) is 2.35. The van der Waals surface area contributed by atoms with Gasteiger partial charge in [0.25, 0.3) is 0 Å². The Balaban J connectivity index is 1.99. The minimum atomic E-state index is -0.162. The highest BCUT2D eigenvalue weighted by Crippen LogP contribution is 2.24. The Morgan fingerprint density at radius 2 is 2.21 bits per heavy atom. The highest BCUT2D eigenvalue weighted by atomic mass is 16.3. The van der Waals surface area contributed by atoms with Crippen molar-refractivity contribution in [2.75, 3.05) is 18.5 Å². The second-order valence-electron chi connectivity index (χ2n) is 5.48. The van der Waals surface area contributed by atoms with Gasteiger partial charge in [0.05, 0.1) is 18.6 Å². The fourth-order valence-electron chi connectivity index (χ4n) is 2.35. The zero-order valence-corrected chi connectivity index (χ0v) is 11.5. The van der Waals surface area contributed by atoms with Crippen LogP contribution in [0.15, 0.2) is 24.3 Å². The molecule has 4 heteroatoms. The summed E-state index contributed by atoms with van der Waals surface area (Å²) in [4.78, 5) is 12.2. The number of carbonyl (C=O) groups excluding carboxylic acids is 1. The summed E-state index contributed by atoms with van der Waals surface area (Å²) < 4.78 is 0. The van der Waals surface area contributed by atoms with E-state index in [1.54, 1.807) is 0 Å². The summed E-state index contributed by atoms with van der Waals surface area (Å²) in [5.74, 6) is 0.190. The van der Waals surface area contributed by atoms with E-state index in [9.17, 15) is 9.90 Å². The van der Waals surface area contributed by atoms with Gasteiger partial charge in [-0.2, -0.15) is 0 Å². The van der Waals surface area contributed by atoms with E-state index in [0.717, 1.165) is 12.1 Å². The molecule has 2 unspecified atom stereocenters. The van der Waals surface area contributed by atoms with E-state index in [-0.39, 0.29) is 30.4 Å². The van der Waals surface area contributed by atoms with Crippen LogP contribution in [0.1, 0.15) is 19.4 Å². The standard InChI is InChI=1S/C15H22N2O2/c1-10(2)14(9-18)17-15(19)12-7-11-5-3-4-6-13(11)16-8-12/h3-6,10,12,14,16,18H,7-9H2,1-2H3,(H,17,19). The average Bonchev–Trinajstić information content (AvgIpc) is 2.43. The van der Waals surface area contributed by atoms with Crippen LogP contribution in [-0.2, 0) is 11.2 Å². The first-order valence-electron chi connectivity index (χ1n) is 6.84. The molecule has 1 aromatic rings. The fraction of sp³-hybridized carbons (Fsp3) is 0.533. The van der Waals surface area contributed by atoms with Gasteiger partial charge in [-0.1, -0.05) is 32.0 Å². The summed E-state index contributed by atoms with van der Waals surface area (Å²) in [6.45, 7) is 4.63. The van der Waals surface area contributed by atoms with E-state index in [4.69, 9.17) is 0 Å². The Kier molecular flexibility index (Phi) is 4.43. The molecule has 0 aliphatic carbocycles. The van der Waals surface area contributed by atoms with Crippen LogP contribution in [0.25, 0.3) is 0 Å².